The van der Waals surface area contributed by atoms with Crippen LogP contribution < -0.4 is 11.1 Å². The highest BCUT2D eigenvalue weighted by molar-refractivity contribution is 5.99. The zero-order valence-electron chi connectivity index (χ0n) is 9.70. The Kier molecular flexibility index (Phi) is 4.20. The van der Waals surface area contributed by atoms with E-state index in [4.69, 9.17) is 15.9 Å². The Hall–Kier alpha value is -1.73. The number of nitrogen functional groups attached to an aromatic ring is 1. The van der Waals surface area contributed by atoms with Crippen molar-refractivity contribution in [1.82, 2.24) is 5.32 Å². The van der Waals surface area contributed by atoms with E-state index < -0.39 is 36.3 Å². The predicted octanol–water partition coefficient (Wildman–Crippen LogP) is 0.0201. The third-order valence-corrected chi connectivity index (χ3v) is 2.45. The molecule has 0 aliphatic rings. The summed E-state index contributed by atoms with van der Waals surface area (Å²) in [5.41, 5.74) is 3.64. The molecule has 1 aromatic carbocycles. The standard InChI is InChI=1S/C11H14F2N2O3/c1-11(4-16,5-17)15-10(18)6-2-7(12)8(13)3-9(6)14/h2-3,16-17H,4-5,14H2,1H3,(H,15,18). The topological polar surface area (TPSA) is 95.6 Å². The first-order valence-electron chi connectivity index (χ1n) is 5.12. The van der Waals surface area contributed by atoms with Crippen LogP contribution in [-0.2, 0) is 0 Å². The molecule has 0 bridgehead atoms. The molecule has 0 radical (unpaired) electrons. The lowest BCUT2D eigenvalue weighted by Crippen LogP contribution is -2.51. The third-order valence-electron chi connectivity index (χ3n) is 2.45. The molecule has 0 heterocycles. The van der Waals surface area contributed by atoms with Crippen molar-refractivity contribution >= 4 is 11.6 Å². The highest BCUT2D eigenvalue weighted by atomic mass is 19.2. The first-order chi connectivity index (χ1) is 8.33. The first kappa shape index (κ1) is 14.3. The van der Waals surface area contributed by atoms with Gasteiger partial charge in [-0.25, -0.2) is 8.78 Å². The van der Waals surface area contributed by atoms with Gasteiger partial charge in [-0.15, -0.1) is 0 Å². The monoisotopic (exact) mass is 260 g/mol. The maximum absolute atomic E-state index is 13.0. The minimum Gasteiger partial charge on any atom is -0.398 e. The van der Waals surface area contributed by atoms with Crippen LogP contribution in [0.3, 0.4) is 0 Å². The van der Waals surface area contributed by atoms with Crippen LogP contribution in [0.4, 0.5) is 14.5 Å². The average molecular weight is 260 g/mol. The van der Waals surface area contributed by atoms with Gasteiger partial charge < -0.3 is 21.3 Å². The highest BCUT2D eigenvalue weighted by Gasteiger charge is 2.26. The number of hydrogen-bond donors (Lipinski definition) is 4. The van der Waals surface area contributed by atoms with E-state index in [0.29, 0.717) is 12.1 Å². The van der Waals surface area contributed by atoms with Crippen LogP contribution in [0, 0.1) is 11.6 Å². The molecule has 0 saturated carbocycles. The quantitative estimate of drug-likeness (QED) is 0.574. The summed E-state index contributed by atoms with van der Waals surface area (Å²) >= 11 is 0. The summed E-state index contributed by atoms with van der Waals surface area (Å²) in [4.78, 5) is 11.8. The van der Waals surface area contributed by atoms with E-state index in [1.807, 2.05) is 0 Å². The fourth-order valence-electron chi connectivity index (χ4n) is 1.23. The molecule has 5 N–H and O–H groups in total. The molecule has 0 aliphatic carbocycles. The summed E-state index contributed by atoms with van der Waals surface area (Å²) in [7, 11) is 0. The van der Waals surface area contributed by atoms with E-state index in [1.54, 1.807) is 0 Å². The molecule has 0 saturated heterocycles. The molecule has 100 valence electrons. The molecule has 7 heteroatoms. The van der Waals surface area contributed by atoms with Crippen molar-refractivity contribution < 1.29 is 23.8 Å². The molecule has 0 aromatic heterocycles. The van der Waals surface area contributed by atoms with Crippen molar-refractivity contribution in [3.8, 4) is 0 Å². The van der Waals surface area contributed by atoms with Gasteiger partial charge in [-0.3, -0.25) is 4.79 Å². The van der Waals surface area contributed by atoms with Crippen LogP contribution in [0.25, 0.3) is 0 Å². The summed E-state index contributed by atoms with van der Waals surface area (Å²) in [5.74, 6) is -3.17. The SMILES string of the molecule is CC(CO)(CO)NC(=O)c1cc(F)c(F)cc1N. The molecule has 1 rings (SSSR count). The lowest BCUT2D eigenvalue weighted by atomic mass is 10.0. The second-order valence-corrected chi connectivity index (χ2v) is 4.18. The second-order valence-electron chi connectivity index (χ2n) is 4.18. The normalized spacial score (nSPS) is 11.4. The van der Waals surface area contributed by atoms with Crippen LogP contribution in [0.5, 0.6) is 0 Å². The van der Waals surface area contributed by atoms with Crippen molar-refractivity contribution in [2.24, 2.45) is 0 Å². The second kappa shape index (κ2) is 5.28. The van der Waals surface area contributed by atoms with Gasteiger partial charge in [0.2, 0.25) is 0 Å². The maximum atomic E-state index is 13.0. The summed E-state index contributed by atoms with van der Waals surface area (Å²) < 4.78 is 25.8. The molecular formula is C11H14F2N2O3. The molecule has 1 aromatic rings. The minimum atomic E-state index is -1.27. The zero-order chi connectivity index (χ0) is 13.9. The van der Waals surface area contributed by atoms with Gasteiger partial charge in [0, 0.05) is 11.8 Å². The molecule has 0 fully saturated rings. The lowest BCUT2D eigenvalue weighted by Gasteiger charge is -2.26. The van der Waals surface area contributed by atoms with Gasteiger partial charge in [-0.2, -0.15) is 0 Å². The Bertz CT molecular complexity index is 462. The molecule has 18 heavy (non-hydrogen) atoms. The number of benzene rings is 1. The van der Waals surface area contributed by atoms with Crippen LogP contribution in [0.15, 0.2) is 12.1 Å². The number of carbonyl (C=O) groups is 1. The Morgan fingerprint density at radius 2 is 1.83 bits per heavy atom. The first-order valence-corrected chi connectivity index (χ1v) is 5.12. The number of anilines is 1. The molecule has 0 aliphatic heterocycles. The number of amides is 1. The summed E-state index contributed by atoms with van der Waals surface area (Å²) in [6, 6.07) is 1.36. The summed E-state index contributed by atoms with van der Waals surface area (Å²) in [5, 5.41) is 20.3. The number of nitrogens with one attached hydrogen (secondary N) is 1. The van der Waals surface area contributed by atoms with Gasteiger partial charge in [0.05, 0.1) is 24.3 Å². The van der Waals surface area contributed by atoms with Crippen molar-refractivity contribution in [2.45, 2.75) is 12.5 Å². The average Bonchev–Trinajstić information content (AvgIpc) is 2.33. The number of aliphatic hydroxyl groups is 2. The molecular weight excluding hydrogens is 246 g/mol. The van der Waals surface area contributed by atoms with E-state index >= 15 is 0 Å². The van der Waals surface area contributed by atoms with Crippen LogP contribution in [0.2, 0.25) is 0 Å². The summed E-state index contributed by atoms with van der Waals surface area (Å²) in [6.07, 6.45) is 0. The van der Waals surface area contributed by atoms with E-state index in [1.165, 1.54) is 6.92 Å². The molecule has 0 unspecified atom stereocenters. The van der Waals surface area contributed by atoms with Crippen LogP contribution >= 0.6 is 0 Å². The number of rotatable bonds is 4. The van der Waals surface area contributed by atoms with Gasteiger partial charge in [0.25, 0.3) is 5.91 Å². The van der Waals surface area contributed by atoms with Crippen LogP contribution in [-0.4, -0.2) is 34.9 Å². The molecule has 1 amide bonds. The molecule has 0 spiro atoms. The Morgan fingerprint density at radius 1 is 1.33 bits per heavy atom. The zero-order valence-corrected chi connectivity index (χ0v) is 9.70. The lowest BCUT2D eigenvalue weighted by molar-refractivity contribution is 0.0724. The largest absolute Gasteiger partial charge is 0.398 e. The highest BCUT2D eigenvalue weighted by Crippen LogP contribution is 2.17. The number of aliphatic hydroxyl groups excluding tert-OH is 2. The predicted molar refractivity (Wildman–Crippen MR) is 60.8 cm³/mol. The molecule has 0 atom stereocenters. The minimum absolute atomic E-state index is 0.232. The molecule has 5 nitrogen and oxygen atoms in total. The maximum Gasteiger partial charge on any atom is 0.254 e. The van der Waals surface area contributed by atoms with Crippen molar-refractivity contribution in [1.29, 1.82) is 0 Å². The van der Waals surface area contributed by atoms with Gasteiger partial charge in [0.1, 0.15) is 0 Å². The van der Waals surface area contributed by atoms with Crippen LogP contribution in [0.1, 0.15) is 17.3 Å². The Morgan fingerprint density at radius 3 is 2.33 bits per heavy atom. The smallest absolute Gasteiger partial charge is 0.254 e. The van der Waals surface area contributed by atoms with E-state index in [0.717, 1.165) is 0 Å². The van der Waals surface area contributed by atoms with Crippen molar-refractivity contribution in [3.63, 3.8) is 0 Å². The summed E-state index contributed by atoms with van der Waals surface area (Å²) in [6.45, 7) is 0.360. The van der Waals surface area contributed by atoms with Gasteiger partial charge in [-0.1, -0.05) is 0 Å². The van der Waals surface area contributed by atoms with Gasteiger partial charge in [-0.05, 0) is 13.0 Å². The fraction of sp³-hybridized carbons (Fsp3) is 0.364. The van der Waals surface area contributed by atoms with E-state index in [2.05, 4.69) is 5.32 Å². The number of nitrogens with two attached hydrogens (primary N) is 1. The third kappa shape index (κ3) is 2.93. The number of halogens is 2. The van der Waals surface area contributed by atoms with Crippen molar-refractivity contribution in [2.75, 3.05) is 18.9 Å². The van der Waals surface area contributed by atoms with Gasteiger partial charge in [0.15, 0.2) is 11.6 Å². The van der Waals surface area contributed by atoms with E-state index in [9.17, 15) is 13.6 Å². The van der Waals surface area contributed by atoms with Gasteiger partial charge >= 0.3 is 0 Å². The number of hydrogen-bond acceptors (Lipinski definition) is 4. The Labute approximate surface area is 102 Å². The van der Waals surface area contributed by atoms with E-state index in [-0.39, 0.29) is 11.3 Å². The number of carbonyl (C=O) groups excluding carboxylic acids is 1. The Balaban J connectivity index is 3.01. The fourth-order valence-corrected chi connectivity index (χ4v) is 1.23. The van der Waals surface area contributed by atoms with Crippen molar-refractivity contribution in [3.05, 3.63) is 29.3 Å².